The van der Waals surface area contributed by atoms with E-state index in [1.165, 1.54) is 0 Å². The second kappa shape index (κ2) is 18.2. The second-order valence-corrected chi connectivity index (χ2v) is 12.9. The minimum atomic E-state index is -1.19. The quantitative estimate of drug-likeness (QED) is 0.0760. The molecule has 244 valence electrons. The number of hydrogen-bond acceptors (Lipinski definition) is 6. The molecule has 0 aliphatic heterocycles. The summed E-state index contributed by atoms with van der Waals surface area (Å²) in [6.07, 6.45) is 10.4. The Morgan fingerprint density at radius 3 is 2.41 bits per heavy atom. The average Bonchev–Trinajstić information content (AvgIpc) is 3.49. The Bertz CT molecular complexity index is 1580. The maximum Gasteiger partial charge on any atom is 0.160 e. The van der Waals surface area contributed by atoms with Crippen LogP contribution in [-0.2, 0) is 39.0 Å². The van der Waals surface area contributed by atoms with E-state index in [0.717, 1.165) is 76.8 Å². The molecule has 0 fully saturated rings. The minimum Gasteiger partial charge on any atom is -0.491 e. The standard InChI is InChI=1S/C38H46N2O5S/c1-5-7-21-43-22-23-44-36-15-11-31(12-16-36)32-13-19-38(45-29(3)4)33(25-32)10-14-35(41)24-30-8-17-37(18-9-30)46(42)27-34-26-39-28-40(34)20-6-2/h8-19,25-26,28-29H,5-7,20-24,27H2,1-4H3/b14-10+/t46-/m0/s1. The van der Waals surface area contributed by atoms with E-state index in [0.29, 0.717) is 19.0 Å². The number of unbranched alkanes of at least 4 members (excludes halogenated alkanes) is 1. The minimum absolute atomic E-state index is 0.00708. The van der Waals surface area contributed by atoms with Gasteiger partial charge in [-0.05, 0) is 91.9 Å². The van der Waals surface area contributed by atoms with Crippen molar-refractivity contribution in [2.24, 2.45) is 0 Å². The summed E-state index contributed by atoms with van der Waals surface area (Å²) in [6, 6.07) is 21.4. The maximum atomic E-state index is 13.0. The van der Waals surface area contributed by atoms with E-state index in [4.69, 9.17) is 14.2 Å². The van der Waals surface area contributed by atoms with Crippen LogP contribution in [-0.4, -0.2) is 45.5 Å². The molecule has 0 amide bonds. The number of hydrogen-bond donors (Lipinski definition) is 0. The van der Waals surface area contributed by atoms with Gasteiger partial charge in [0.2, 0.25) is 0 Å². The Balaban J connectivity index is 1.38. The van der Waals surface area contributed by atoms with Crippen molar-refractivity contribution in [2.75, 3.05) is 19.8 Å². The van der Waals surface area contributed by atoms with Gasteiger partial charge in [0.15, 0.2) is 5.78 Å². The van der Waals surface area contributed by atoms with Crippen molar-refractivity contribution in [1.29, 1.82) is 0 Å². The van der Waals surface area contributed by atoms with Crippen molar-refractivity contribution in [2.45, 2.75) is 76.7 Å². The molecule has 1 atom stereocenters. The summed E-state index contributed by atoms with van der Waals surface area (Å²) in [5, 5.41) is 0. The SMILES string of the molecule is CCCCOCCOc1ccc(-c2ccc(OC(C)C)c(/C=C/C(=O)Cc3ccc([S@@](=O)Cc4cncn4CCC)cc3)c2)cc1. The van der Waals surface area contributed by atoms with Gasteiger partial charge in [0, 0.05) is 36.2 Å². The van der Waals surface area contributed by atoms with Crippen LogP contribution in [0.25, 0.3) is 17.2 Å². The molecule has 0 radical (unpaired) electrons. The van der Waals surface area contributed by atoms with Crippen molar-refractivity contribution in [1.82, 2.24) is 9.55 Å². The lowest BCUT2D eigenvalue weighted by Crippen LogP contribution is -2.07. The van der Waals surface area contributed by atoms with E-state index in [2.05, 4.69) is 18.8 Å². The number of aryl methyl sites for hydroxylation is 1. The molecule has 46 heavy (non-hydrogen) atoms. The number of ether oxygens (including phenoxy) is 3. The third-order valence-electron chi connectivity index (χ3n) is 7.25. The first-order valence-corrected chi connectivity index (χ1v) is 17.5. The fourth-order valence-corrected chi connectivity index (χ4v) is 5.98. The molecule has 0 aliphatic rings. The van der Waals surface area contributed by atoms with E-state index in [1.54, 1.807) is 18.6 Å². The van der Waals surface area contributed by atoms with E-state index in [9.17, 15) is 9.00 Å². The summed E-state index contributed by atoms with van der Waals surface area (Å²) < 4.78 is 32.5. The van der Waals surface area contributed by atoms with E-state index in [1.807, 2.05) is 91.2 Å². The Morgan fingerprint density at radius 1 is 0.935 bits per heavy atom. The molecule has 0 saturated carbocycles. The zero-order valence-electron chi connectivity index (χ0n) is 27.4. The van der Waals surface area contributed by atoms with Gasteiger partial charge in [0.1, 0.15) is 18.1 Å². The number of rotatable bonds is 19. The number of nitrogens with zero attached hydrogens (tertiary/aromatic N) is 2. The first kappa shape index (κ1) is 34.9. The third-order valence-corrected chi connectivity index (χ3v) is 8.61. The lowest BCUT2D eigenvalue weighted by atomic mass is 10.0. The Hall–Kier alpha value is -4.01. The molecule has 4 rings (SSSR count). The van der Waals surface area contributed by atoms with Gasteiger partial charge in [-0.25, -0.2) is 4.98 Å². The van der Waals surface area contributed by atoms with E-state index >= 15 is 0 Å². The molecule has 0 N–H and O–H groups in total. The number of carbonyl (C=O) groups is 1. The number of imidazole rings is 1. The van der Waals surface area contributed by atoms with Gasteiger partial charge in [0.25, 0.3) is 0 Å². The van der Waals surface area contributed by atoms with Gasteiger partial charge >= 0.3 is 0 Å². The van der Waals surface area contributed by atoms with E-state index in [-0.39, 0.29) is 18.3 Å². The van der Waals surface area contributed by atoms with Crippen LogP contribution >= 0.6 is 0 Å². The molecule has 1 aromatic heterocycles. The second-order valence-electron chi connectivity index (χ2n) is 11.4. The third kappa shape index (κ3) is 10.8. The van der Waals surface area contributed by atoms with Gasteiger partial charge in [-0.1, -0.05) is 50.6 Å². The molecule has 0 aliphatic carbocycles. The summed E-state index contributed by atoms with van der Waals surface area (Å²) in [4.78, 5) is 17.9. The summed E-state index contributed by atoms with van der Waals surface area (Å²) in [7, 11) is -1.19. The smallest absolute Gasteiger partial charge is 0.160 e. The number of benzene rings is 3. The summed E-state index contributed by atoms with van der Waals surface area (Å²) in [5.74, 6) is 1.90. The first-order valence-electron chi connectivity index (χ1n) is 16.1. The molecule has 0 unspecified atom stereocenters. The van der Waals surface area contributed by atoms with Crippen molar-refractivity contribution < 1.29 is 23.2 Å². The van der Waals surface area contributed by atoms with Crippen LogP contribution in [0.15, 0.2) is 90.2 Å². The number of allylic oxidation sites excluding steroid dienone is 1. The van der Waals surface area contributed by atoms with Crippen LogP contribution in [0.3, 0.4) is 0 Å². The zero-order valence-corrected chi connectivity index (χ0v) is 28.3. The van der Waals surface area contributed by atoms with Gasteiger partial charge in [-0.2, -0.15) is 0 Å². The predicted octanol–water partition coefficient (Wildman–Crippen LogP) is 8.08. The summed E-state index contributed by atoms with van der Waals surface area (Å²) in [5.41, 5.74) is 4.71. The number of ketones is 1. The van der Waals surface area contributed by atoms with Crippen molar-refractivity contribution in [3.05, 3.63) is 102 Å². The highest BCUT2D eigenvalue weighted by Crippen LogP contribution is 2.30. The molecular weight excluding hydrogens is 596 g/mol. The normalized spacial score (nSPS) is 12.1. The molecule has 8 heteroatoms. The first-order chi connectivity index (χ1) is 22.4. The van der Waals surface area contributed by atoms with Crippen LogP contribution in [0, 0.1) is 0 Å². The molecular formula is C38H46N2O5S. The molecule has 4 aromatic rings. The monoisotopic (exact) mass is 642 g/mol. The largest absolute Gasteiger partial charge is 0.491 e. The van der Waals surface area contributed by atoms with Crippen LogP contribution in [0.1, 0.15) is 63.8 Å². The van der Waals surface area contributed by atoms with Gasteiger partial charge in [-0.15, -0.1) is 0 Å². The lowest BCUT2D eigenvalue weighted by molar-refractivity contribution is -0.113. The van der Waals surface area contributed by atoms with Gasteiger partial charge in [0.05, 0.1) is 41.3 Å². The van der Waals surface area contributed by atoms with Crippen LogP contribution in [0.5, 0.6) is 11.5 Å². The Kier molecular flexibility index (Phi) is 13.8. The maximum absolute atomic E-state index is 13.0. The van der Waals surface area contributed by atoms with E-state index < -0.39 is 10.8 Å². The Morgan fingerprint density at radius 2 is 1.70 bits per heavy atom. The van der Waals surface area contributed by atoms with Gasteiger partial charge in [-0.3, -0.25) is 9.00 Å². The van der Waals surface area contributed by atoms with Crippen molar-refractivity contribution in [3.63, 3.8) is 0 Å². The topological polar surface area (TPSA) is 79.7 Å². The highest BCUT2D eigenvalue weighted by molar-refractivity contribution is 7.84. The molecule has 0 spiro atoms. The summed E-state index contributed by atoms with van der Waals surface area (Å²) >= 11 is 0. The molecule has 0 saturated heterocycles. The predicted molar refractivity (Wildman–Crippen MR) is 186 cm³/mol. The molecule has 7 nitrogen and oxygen atoms in total. The van der Waals surface area contributed by atoms with Crippen molar-refractivity contribution in [3.8, 4) is 22.6 Å². The fraction of sp³-hybridized carbons (Fsp3) is 0.368. The lowest BCUT2D eigenvalue weighted by Gasteiger charge is -2.14. The molecule has 0 bridgehead atoms. The molecule has 1 heterocycles. The highest BCUT2D eigenvalue weighted by atomic mass is 32.2. The van der Waals surface area contributed by atoms with Crippen LogP contribution < -0.4 is 9.47 Å². The van der Waals surface area contributed by atoms with Crippen LogP contribution in [0.2, 0.25) is 0 Å². The van der Waals surface area contributed by atoms with Crippen LogP contribution in [0.4, 0.5) is 0 Å². The van der Waals surface area contributed by atoms with Gasteiger partial charge < -0.3 is 18.8 Å². The zero-order chi connectivity index (χ0) is 32.7. The number of carbonyl (C=O) groups excluding carboxylic acids is 1. The average molecular weight is 643 g/mol. The fourth-order valence-electron chi connectivity index (χ4n) is 4.86. The number of aromatic nitrogens is 2. The van der Waals surface area contributed by atoms with Crippen molar-refractivity contribution >= 4 is 22.7 Å². The molecule has 3 aromatic carbocycles. The Labute approximate surface area is 276 Å². The highest BCUT2D eigenvalue weighted by Gasteiger charge is 2.11. The summed E-state index contributed by atoms with van der Waals surface area (Å²) in [6.45, 7) is 10.9.